The van der Waals surface area contributed by atoms with E-state index in [1.54, 1.807) is 0 Å². The standard InChI is InChI=1S/C21H23F3N4O/c22-21(23,24)19-8-6-17(7-9-19)14-25-26-20(29)16-28-12-10-27(11-13-28)15-18-4-2-1-3-5-18/h1-9,14H,10-13,15-16H2,(H,26,29)/b25-14-. The third kappa shape index (κ3) is 6.69. The van der Waals surface area contributed by atoms with Gasteiger partial charge in [0.15, 0.2) is 0 Å². The van der Waals surface area contributed by atoms with Gasteiger partial charge < -0.3 is 0 Å². The van der Waals surface area contributed by atoms with Crippen LogP contribution in [0.5, 0.6) is 0 Å². The summed E-state index contributed by atoms with van der Waals surface area (Å²) in [5.41, 5.74) is 3.46. The topological polar surface area (TPSA) is 47.9 Å². The van der Waals surface area contributed by atoms with Crippen molar-refractivity contribution in [3.05, 3.63) is 71.3 Å². The van der Waals surface area contributed by atoms with Crippen molar-refractivity contribution in [2.24, 2.45) is 5.10 Å². The molecule has 0 saturated carbocycles. The Kier molecular flexibility index (Phi) is 7.00. The largest absolute Gasteiger partial charge is 0.416 e. The Bertz CT molecular complexity index is 814. The van der Waals surface area contributed by atoms with Crippen molar-refractivity contribution in [1.82, 2.24) is 15.2 Å². The fourth-order valence-corrected chi connectivity index (χ4v) is 3.12. The van der Waals surface area contributed by atoms with E-state index in [1.807, 2.05) is 18.2 Å². The van der Waals surface area contributed by atoms with Gasteiger partial charge in [-0.3, -0.25) is 14.6 Å². The summed E-state index contributed by atoms with van der Waals surface area (Å²) in [5.74, 6) is -0.246. The molecule has 8 heteroatoms. The average Bonchev–Trinajstić information content (AvgIpc) is 2.70. The number of carbonyl (C=O) groups excluding carboxylic acids is 1. The summed E-state index contributed by atoms with van der Waals surface area (Å²) >= 11 is 0. The Hall–Kier alpha value is -2.71. The Morgan fingerprint density at radius 2 is 1.59 bits per heavy atom. The number of hydrogen-bond donors (Lipinski definition) is 1. The second-order valence-electron chi connectivity index (χ2n) is 6.95. The third-order valence-electron chi connectivity index (χ3n) is 4.72. The van der Waals surface area contributed by atoms with E-state index in [4.69, 9.17) is 0 Å². The third-order valence-corrected chi connectivity index (χ3v) is 4.72. The molecule has 1 N–H and O–H groups in total. The van der Waals surface area contributed by atoms with Gasteiger partial charge >= 0.3 is 6.18 Å². The van der Waals surface area contributed by atoms with Crippen molar-refractivity contribution in [2.75, 3.05) is 32.7 Å². The SMILES string of the molecule is O=C(CN1CCN(Cc2ccccc2)CC1)N/N=C\c1ccc(C(F)(F)F)cc1. The molecule has 1 aliphatic rings. The van der Waals surface area contributed by atoms with Crippen molar-refractivity contribution in [1.29, 1.82) is 0 Å². The van der Waals surface area contributed by atoms with E-state index in [1.165, 1.54) is 23.9 Å². The molecule has 2 aromatic rings. The minimum atomic E-state index is -4.37. The highest BCUT2D eigenvalue weighted by Gasteiger charge is 2.29. The maximum absolute atomic E-state index is 12.5. The second kappa shape index (κ2) is 9.67. The highest BCUT2D eigenvalue weighted by Crippen LogP contribution is 2.28. The zero-order valence-electron chi connectivity index (χ0n) is 15.9. The van der Waals surface area contributed by atoms with E-state index in [0.717, 1.165) is 44.9 Å². The first-order chi connectivity index (χ1) is 13.9. The summed E-state index contributed by atoms with van der Waals surface area (Å²) in [6, 6.07) is 14.9. The van der Waals surface area contributed by atoms with Crippen LogP contribution in [0.3, 0.4) is 0 Å². The minimum absolute atomic E-state index is 0.240. The van der Waals surface area contributed by atoms with E-state index in [9.17, 15) is 18.0 Å². The van der Waals surface area contributed by atoms with Gasteiger partial charge in [0.05, 0.1) is 18.3 Å². The lowest BCUT2D eigenvalue weighted by atomic mass is 10.1. The van der Waals surface area contributed by atoms with Gasteiger partial charge in [-0.2, -0.15) is 18.3 Å². The van der Waals surface area contributed by atoms with Crippen molar-refractivity contribution in [3.63, 3.8) is 0 Å². The fraction of sp³-hybridized carbons (Fsp3) is 0.333. The Labute approximate surface area is 167 Å². The molecule has 0 bridgehead atoms. The number of piperazine rings is 1. The molecule has 0 unspecified atom stereocenters. The normalized spacial score (nSPS) is 16.2. The summed E-state index contributed by atoms with van der Waals surface area (Å²) in [5, 5.41) is 3.83. The van der Waals surface area contributed by atoms with E-state index >= 15 is 0 Å². The number of halogens is 3. The number of hydrazone groups is 1. The lowest BCUT2D eigenvalue weighted by Gasteiger charge is -2.34. The molecule has 0 aliphatic carbocycles. The monoisotopic (exact) mass is 404 g/mol. The van der Waals surface area contributed by atoms with Crippen LogP contribution >= 0.6 is 0 Å². The zero-order chi connectivity index (χ0) is 20.7. The van der Waals surface area contributed by atoms with E-state index < -0.39 is 11.7 Å². The first-order valence-electron chi connectivity index (χ1n) is 9.38. The highest BCUT2D eigenvalue weighted by molar-refractivity contribution is 5.83. The number of hydrogen-bond acceptors (Lipinski definition) is 4. The number of nitrogens with zero attached hydrogens (tertiary/aromatic N) is 3. The van der Waals surface area contributed by atoms with Crippen molar-refractivity contribution in [3.8, 4) is 0 Å². The minimum Gasteiger partial charge on any atom is -0.297 e. The smallest absolute Gasteiger partial charge is 0.297 e. The molecular formula is C21H23F3N4O. The first kappa shape index (κ1) is 21.0. The number of nitrogens with one attached hydrogen (secondary N) is 1. The van der Waals surface area contributed by atoms with E-state index in [-0.39, 0.29) is 12.5 Å². The van der Waals surface area contributed by atoms with Crippen LogP contribution in [0.1, 0.15) is 16.7 Å². The molecule has 0 spiro atoms. The number of benzene rings is 2. The second-order valence-corrected chi connectivity index (χ2v) is 6.95. The van der Waals surface area contributed by atoms with Crippen LogP contribution in [-0.4, -0.2) is 54.6 Å². The van der Waals surface area contributed by atoms with Crippen LogP contribution in [0.4, 0.5) is 13.2 Å². The Morgan fingerprint density at radius 3 is 2.21 bits per heavy atom. The summed E-state index contributed by atoms with van der Waals surface area (Å²) in [6.45, 7) is 4.50. The lowest BCUT2D eigenvalue weighted by molar-refractivity contribution is -0.137. The average molecular weight is 404 g/mol. The van der Waals surface area contributed by atoms with Crippen LogP contribution in [0, 0.1) is 0 Å². The predicted molar refractivity (Wildman–Crippen MR) is 105 cm³/mol. The maximum atomic E-state index is 12.5. The molecule has 1 fully saturated rings. The van der Waals surface area contributed by atoms with Crippen LogP contribution in [0.15, 0.2) is 59.7 Å². The van der Waals surface area contributed by atoms with Crippen LogP contribution < -0.4 is 5.43 Å². The maximum Gasteiger partial charge on any atom is 0.416 e. The summed E-state index contributed by atoms with van der Waals surface area (Å²) < 4.78 is 37.6. The molecule has 1 saturated heterocycles. The van der Waals surface area contributed by atoms with E-state index in [0.29, 0.717) is 5.56 Å². The Morgan fingerprint density at radius 1 is 0.966 bits per heavy atom. The molecule has 0 atom stereocenters. The molecule has 0 aromatic heterocycles. The number of amides is 1. The van der Waals surface area contributed by atoms with Crippen LogP contribution in [-0.2, 0) is 17.5 Å². The molecule has 1 amide bonds. The quantitative estimate of drug-likeness (QED) is 0.595. The Balaban J connectivity index is 1.38. The molecular weight excluding hydrogens is 381 g/mol. The molecule has 29 heavy (non-hydrogen) atoms. The summed E-state index contributed by atoms with van der Waals surface area (Å²) in [7, 11) is 0. The van der Waals surface area contributed by atoms with Gasteiger partial charge in [0.2, 0.25) is 0 Å². The molecule has 154 valence electrons. The summed E-state index contributed by atoms with van der Waals surface area (Å²) in [6.07, 6.45) is -3.04. The number of alkyl halides is 3. The van der Waals surface area contributed by atoms with Gasteiger partial charge in [-0.05, 0) is 23.3 Å². The number of carbonyl (C=O) groups is 1. The van der Waals surface area contributed by atoms with Gasteiger partial charge in [0.1, 0.15) is 0 Å². The van der Waals surface area contributed by atoms with Gasteiger partial charge in [-0.1, -0.05) is 42.5 Å². The predicted octanol–water partition coefficient (Wildman–Crippen LogP) is 2.97. The molecule has 5 nitrogen and oxygen atoms in total. The highest BCUT2D eigenvalue weighted by atomic mass is 19.4. The fourth-order valence-electron chi connectivity index (χ4n) is 3.12. The van der Waals surface area contributed by atoms with Crippen molar-refractivity contribution < 1.29 is 18.0 Å². The van der Waals surface area contributed by atoms with Gasteiger partial charge in [0.25, 0.3) is 5.91 Å². The van der Waals surface area contributed by atoms with Gasteiger partial charge in [-0.15, -0.1) is 0 Å². The summed E-state index contributed by atoms with van der Waals surface area (Å²) in [4.78, 5) is 16.4. The molecule has 0 radical (unpaired) electrons. The van der Waals surface area contributed by atoms with Crippen molar-refractivity contribution in [2.45, 2.75) is 12.7 Å². The van der Waals surface area contributed by atoms with Gasteiger partial charge in [-0.25, -0.2) is 5.43 Å². The molecule has 1 aliphatic heterocycles. The molecule has 2 aromatic carbocycles. The van der Waals surface area contributed by atoms with Crippen LogP contribution in [0.25, 0.3) is 0 Å². The number of rotatable bonds is 6. The first-order valence-corrected chi connectivity index (χ1v) is 9.38. The molecule has 1 heterocycles. The van der Waals surface area contributed by atoms with Crippen molar-refractivity contribution >= 4 is 12.1 Å². The van der Waals surface area contributed by atoms with E-state index in [2.05, 4.69) is 32.5 Å². The zero-order valence-corrected chi connectivity index (χ0v) is 15.9. The lowest BCUT2D eigenvalue weighted by Crippen LogP contribution is -2.48. The van der Waals surface area contributed by atoms with Crippen LogP contribution in [0.2, 0.25) is 0 Å². The molecule has 3 rings (SSSR count). The van der Waals surface area contributed by atoms with Gasteiger partial charge in [0, 0.05) is 32.7 Å².